The van der Waals surface area contributed by atoms with Crippen LogP contribution in [0, 0.1) is 0 Å². The molecule has 0 aliphatic heterocycles. The third-order valence-electron chi connectivity index (χ3n) is 2.60. The highest BCUT2D eigenvalue weighted by molar-refractivity contribution is 5.85. The first-order chi connectivity index (χ1) is 8.20. The predicted molar refractivity (Wildman–Crippen MR) is 66.5 cm³/mol. The van der Waals surface area contributed by atoms with Gasteiger partial charge in [-0.1, -0.05) is 6.07 Å². The van der Waals surface area contributed by atoms with Crippen LogP contribution in [0.5, 0.6) is 0 Å². The van der Waals surface area contributed by atoms with E-state index in [1.54, 1.807) is 0 Å². The molecular formula is C12H17N3O2. The topological polar surface area (TPSA) is 75.5 Å². The van der Waals surface area contributed by atoms with Gasteiger partial charge in [-0.3, -0.25) is 4.90 Å². The van der Waals surface area contributed by atoms with Crippen LogP contribution in [0.15, 0.2) is 22.6 Å². The van der Waals surface area contributed by atoms with Crippen LogP contribution >= 0.6 is 0 Å². The molecule has 92 valence electrons. The summed E-state index contributed by atoms with van der Waals surface area (Å²) in [5.74, 6) is 0.651. The lowest BCUT2D eigenvalue weighted by Gasteiger charge is -2.12. The van der Waals surface area contributed by atoms with E-state index < -0.39 is 0 Å². The van der Waals surface area contributed by atoms with Gasteiger partial charge in [-0.25, -0.2) is 4.98 Å². The summed E-state index contributed by atoms with van der Waals surface area (Å²) in [4.78, 5) is 6.42. The fourth-order valence-electron chi connectivity index (χ4n) is 1.73. The van der Waals surface area contributed by atoms with Crippen LogP contribution in [0.2, 0.25) is 0 Å². The first kappa shape index (κ1) is 11.9. The first-order valence-electron chi connectivity index (χ1n) is 5.64. The second kappa shape index (κ2) is 5.16. The summed E-state index contributed by atoms with van der Waals surface area (Å²) in [5.41, 5.74) is 7.88. The Kier molecular flexibility index (Phi) is 3.61. The lowest BCUT2D eigenvalue weighted by atomic mass is 10.3. The van der Waals surface area contributed by atoms with Crippen molar-refractivity contribution in [2.75, 3.05) is 25.9 Å². The Hall–Kier alpha value is -1.59. The van der Waals surface area contributed by atoms with Gasteiger partial charge in [0, 0.05) is 13.2 Å². The Morgan fingerprint density at radius 3 is 3.00 bits per heavy atom. The highest BCUT2D eigenvalue weighted by Gasteiger charge is 2.09. The number of rotatable bonds is 5. The molecule has 0 atom stereocenters. The van der Waals surface area contributed by atoms with E-state index in [-0.39, 0.29) is 6.61 Å². The third-order valence-corrected chi connectivity index (χ3v) is 2.60. The van der Waals surface area contributed by atoms with Gasteiger partial charge in [0.1, 0.15) is 5.52 Å². The summed E-state index contributed by atoms with van der Waals surface area (Å²) in [6.07, 6.45) is 0.749. The van der Waals surface area contributed by atoms with E-state index in [0.29, 0.717) is 18.1 Å². The number of nitrogen functional groups attached to an aromatic ring is 1. The van der Waals surface area contributed by atoms with Gasteiger partial charge >= 0.3 is 0 Å². The Balaban J connectivity index is 2.11. The normalized spacial score (nSPS) is 11.5. The summed E-state index contributed by atoms with van der Waals surface area (Å²) >= 11 is 0. The zero-order chi connectivity index (χ0) is 12.3. The van der Waals surface area contributed by atoms with Gasteiger partial charge in [-0.15, -0.1) is 0 Å². The summed E-state index contributed by atoms with van der Waals surface area (Å²) in [6.45, 7) is 1.63. The van der Waals surface area contributed by atoms with Gasteiger partial charge in [0.15, 0.2) is 5.58 Å². The number of nitrogens with two attached hydrogens (primary N) is 1. The fourth-order valence-corrected chi connectivity index (χ4v) is 1.73. The van der Waals surface area contributed by atoms with Crippen LogP contribution in [0.3, 0.4) is 0 Å². The minimum Gasteiger partial charge on any atom is -0.439 e. The van der Waals surface area contributed by atoms with E-state index >= 15 is 0 Å². The van der Waals surface area contributed by atoms with Crippen molar-refractivity contribution in [3.63, 3.8) is 0 Å². The molecule has 5 heteroatoms. The van der Waals surface area contributed by atoms with Crippen molar-refractivity contribution in [2.45, 2.75) is 13.0 Å². The van der Waals surface area contributed by atoms with Gasteiger partial charge in [-0.2, -0.15) is 0 Å². The summed E-state index contributed by atoms with van der Waals surface area (Å²) in [6, 6.07) is 5.52. The molecule has 17 heavy (non-hydrogen) atoms. The highest BCUT2D eigenvalue weighted by Crippen LogP contribution is 2.21. The van der Waals surface area contributed by atoms with Crippen LogP contribution in [-0.4, -0.2) is 35.2 Å². The molecule has 0 aliphatic carbocycles. The SMILES string of the molecule is CN(CCCO)Cc1nc2c(N)cccc2o1. The summed E-state index contributed by atoms with van der Waals surface area (Å²) in [7, 11) is 1.97. The highest BCUT2D eigenvalue weighted by atomic mass is 16.3. The van der Waals surface area contributed by atoms with E-state index in [1.807, 2.05) is 25.2 Å². The van der Waals surface area contributed by atoms with Crippen molar-refractivity contribution < 1.29 is 9.52 Å². The van der Waals surface area contributed by atoms with Crippen molar-refractivity contribution in [1.82, 2.24) is 9.88 Å². The molecule has 2 rings (SSSR count). The summed E-state index contributed by atoms with van der Waals surface area (Å²) < 4.78 is 5.60. The average molecular weight is 235 g/mol. The van der Waals surface area contributed by atoms with Crippen molar-refractivity contribution in [2.24, 2.45) is 0 Å². The predicted octanol–water partition coefficient (Wildman–Crippen LogP) is 1.22. The molecule has 1 aromatic carbocycles. The number of aliphatic hydroxyl groups excluding tert-OH is 1. The number of aromatic nitrogens is 1. The first-order valence-corrected chi connectivity index (χ1v) is 5.64. The minimum absolute atomic E-state index is 0.199. The van der Waals surface area contributed by atoms with Gasteiger partial charge < -0.3 is 15.3 Å². The second-order valence-corrected chi connectivity index (χ2v) is 4.12. The Morgan fingerprint density at radius 1 is 1.47 bits per heavy atom. The molecule has 5 nitrogen and oxygen atoms in total. The van der Waals surface area contributed by atoms with Gasteiger partial charge in [-0.05, 0) is 25.6 Å². The number of anilines is 1. The summed E-state index contributed by atoms with van der Waals surface area (Å²) in [5, 5.41) is 8.75. The zero-order valence-electron chi connectivity index (χ0n) is 9.89. The number of hydrogen-bond acceptors (Lipinski definition) is 5. The fraction of sp³-hybridized carbons (Fsp3) is 0.417. The minimum atomic E-state index is 0.199. The van der Waals surface area contributed by atoms with Crippen LogP contribution in [-0.2, 0) is 6.54 Å². The maximum absolute atomic E-state index is 8.75. The van der Waals surface area contributed by atoms with Crippen molar-refractivity contribution in [3.8, 4) is 0 Å². The molecule has 2 aromatic rings. The quantitative estimate of drug-likeness (QED) is 0.762. The molecule has 1 aromatic heterocycles. The standard InChI is InChI=1S/C12H17N3O2/c1-15(6-3-7-16)8-11-14-12-9(13)4-2-5-10(12)17-11/h2,4-5,16H,3,6-8,13H2,1H3. The number of oxazole rings is 1. The molecule has 0 unspecified atom stereocenters. The zero-order valence-corrected chi connectivity index (χ0v) is 9.89. The molecule has 0 radical (unpaired) electrons. The second-order valence-electron chi connectivity index (χ2n) is 4.12. The maximum atomic E-state index is 8.75. The molecule has 3 N–H and O–H groups in total. The molecule has 0 bridgehead atoms. The average Bonchev–Trinajstić information content (AvgIpc) is 2.70. The molecule has 0 spiro atoms. The van der Waals surface area contributed by atoms with Gasteiger partial charge in [0.2, 0.25) is 5.89 Å². The van der Waals surface area contributed by atoms with Crippen LogP contribution in [0.25, 0.3) is 11.1 Å². The van der Waals surface area contributed by atoms with E-state index in [9.17, 15) is 0 Å². The monoisotopic (exact) mass is 235 g/mol. The lowest BCUT2D eigenvalue weighted by molar-refractivity contribution is 0.234. The number of benzene rings is 1. The van der Waals surface area contributed by atoms with E-state index in [0.717, 1.165) is 24.1 Å². The molecule has 0 amide bonds. The smallest absolute Gasteiger partial charge is 0.209 e. The molecule has 0 saturated heterocycles. The largest absolute Gasteiger partial charge is 0.439 e. The number of hydrogen-bond donors (Lipinski definition) is 2. The van der Waals surface area contributed by atoms with Gasteiger partial charge in [0.25, 0.3) is 0 Å². The molecule has 1 heterocycles. The Morgan fingerprint density at radius 2 is 2.29 bits per heavy atom. The van der Waals surface area contributed by atoms with Crippen LogP contribution < -0.4 is 5.73 Å². The molecule has 0 saturated carbocycles. The third kappa shape index (κ3) is 2.75. The number of aliphatic hydroxyl groups is 1. The lowest BCUT2D eigenvalue weighted by Crippen LogP contribution is -2.20. The van der Waals surface area contributed by atoms with Crippen molar-refractivity contribution >= 4 is 16.8 Å². The molecule has 0 aliphatic rings. The Labute approximate surface area is 99.8 Å². The van der Waals surface area contributed by atoms with Crippen molar-refractivity contribution in [1.29, 1.82) is 0 Å². The molecular weight excluding hydrogens is 218 g/mol. The van der Waals surface area contributed by atoms with Crippen LogP contribution in [0.4, 0.5) is 5.69 Å². The number of fused-ring (bicyclic) bond motifs is 1. The maximum Gasteiger partial charge on any atom is 0.209 e. The number of para-hydroxylation sites is 1. The number of nitrogens with zero attached hydrogens (tertiary/aromatic N) is 2. The van der Waals surface area contributed by atoms with E-state index in [4.69, 9.17) is 15.3 Å². The molecule has 0 fully saturated rings. The van der Waals surface area contributed by atoms with E-state index in [1.165, 1.54) is 0 Å². The van der Waals surface area contributed by atoms with Crippen LogP contribution in [0.1, 0.15) is 12.3 Å². The van der Waals surface area contributed by atoms with Gasteiger partial charge in [0.05, 0.1) is 12.2 Å². The van der Waals surface area contributed by atoms with E-state index in [2.05, 4.69) is 9.88 Å². The Bertz CT molecular complexity index is 495. The van der Waals surface area contributed by atoms with Crippen molar-refractivity contribution in [3.05, 3.63) is 24.1 Å².